The highest BCUT2D eigenvalue weighted by molar-refractivity contribution is 6.61. The van der Waals surface area contributed by atoms with Crippen molar-refractivity contribution in [3.05, 3.63) is 58.7 Å². The van der Waals surface area contributed by atoms with Crippen molar-refractivity contribution in [2.45, 2.75) is 18.8 Å². The van der Waals surface area contributed by atoms with Gasteiger partial charge in [0.1, 0.15) is 0 Å². The monoisotopic (exact) mass is 403 g/mol. The highest BCUT2D eigenvalue weighted by Crippen LogP contribution is 2.37. The van der Waals surface area contributed by atoms with Gasteiger partial charge in [0.25, 0.3) is 5.91 Å². The number of fused-ring (bicyclic) bond motifs is 1. The number of halogens is 6. The maximum absolute atomic E-state index is 13.2. The molecule has 2 N–H and O–H groups in total. The Kier molecular flexibility index (Phi) is 5.15. The average molecular weight is 403 g/mol. The molecule has 0 unspecified atom stereocenters. The number of hydrogen-bond acceptors (Lipinski definition) is 3. The van der Waals surface area contributed by atoms with E-state index in [0.717, 1.165) is 5.56 Å². The highest BCUT2D eigenvalue weighted by Gasteiger charge is 2.39. The molecule has 0 saturated carbocycles. The summed E-state index contributed by atoms with van der Waals surface area (Å²) in [7, 11) is -1.24. The molecule has 28 heavy (non-hydrogen) atoms. The fourth-order valence-corrected chi connectivity index (χ4v) is 2.85. The summed E-state index contributed by atoms with van der Waals surface area (Å²) in [5, 5.41) is 12.0. The van der Waals surface area contributed by atoms with Crippen molar-refractivity contribution in [1.82, 2.24) is 0 Å². The second-order valence-electron chi connectivity index (χ2n) is 6.10. The molecule has 0 bridgehead atoms. The Morgan fingerprint density at radius 2 is 1.75 bits per heavy atom. The van der Waals surface area contributed by atoms with Crippen LogP contribution in [-0.2, 0) is 23.4 Å². The van der Waals surface area contributed by atoms with Gasteiger partial charge in [0, 0.05) is 12.3 Å². The van der Waals surface area contributed by atoms with E-state index in [1.54, 1.807) is 6.07 Å². The minimum absolute atomic E-state index is 0.0707. The fraction of sp³-hybridized carbons (Fsp3) is 0.235. The summed E-state index contributed by atoms with van der Waals surface area (Å²) >= 11 is 0. The molecule has 148 valence electrons. The Bertz CT molecular complexity index is 913. The van der Waals surface area contributed by atoms with Crippen molar-refractivity contribution in [3.8, 4) is 0 Å². The van der Waals surface area contributed by atoms with Gasteiger partial charge in [0.2, 0.25) is 0 Å². The zero-order valence-electron chi connectivity index (χ0n) is 14.0. The number of alkyl halides is 6. The SMILES string of the molecule is O=C(Nc1ccc2c(c1)B(O)OCC2)c1ccc(C(F)(F)F)cc1C(F)(F)F. The fourth-order valence-electron chi connectivity index (χ4n) is 2.85. The molecule has 2 aromatic carbocycles. The van der Waals surface area contributed by atoms with Crippen LogP contribution in [0.5, 0.6) is 0 Å². The maximum Gasteiger partial charge on any atom is 0.491 e. The molecule has 2 aromatic rings. The molecule has 0 saturated heterocycles. The molecule has 0 radical (unpaired) electrons. The van der Waals surface area contributed by atoms with Gasteiger partial charge in [-0.25, -0.2) is 0 Å². The van der Waals surface area contributed by atoms with Gasteiger partial charge in [0.15, 0.2) is 0 Å². The summed E-state index contributed by atoms with van der Waals surface area (Å²) in [6, 6.07) is 5.14. The van der Waals surface area contributed by atoms with Crippen LogP contribution < -0.4 is 10.8 Å². The molecule has 1 aliphatic rings. The number of carbonyl (C=O) groups is 1. The zero-order valence-corrected chi connectivity index (χ0v) is 14.0. The molecule has 0 aliphatic carbocycles. The standard InChI is InChI=1S/C17H12BF6NO3/c19-16(20,21)10-2-4-12(13(7-10)17(22,23)24)15(26)25-11-3-1-9-5-6-28-18(27)14(9)8-11/h1-4,7-8,27H,5-6H2,(H,25,26). The van der Waals surface area contributed by atoms with E-state index in [1.165, 1.54) is 12.1 Å². The number of rotatable bonds is 2. The summed E-state index contributed by atoms with van der Waals surface area (Å²) in [4.78, 5) is 12.3. The van der Waals surface area contributed by atoms with E-state index < -0.39 is 42.1 Å². The third-order valence-electron chi connectivity index (χ3n) is 4.21. The third kappa shape index (κ3) is 4.15. The van der Waals surface area contributed by atoms with E-state index in [0.29, 0.717) is 30.6 Å². The minimum atomic E-state index is -5.16. The van der Waals surface area contributed by atoms with Gasteiger partial charge in [-0.15, -0.1) is 0 Å². The van der Waals surface area contributed by atoms with Gasteiger partial charge in [-0.05, 0) is 47.8 Å². The van der Waals surface area contributed by atoms with E-state index >= 15 is 0 Å². The smallest absolute Gasteiger partial charge is 0.423 e. The lowest BCUT2D eigenvalue weighted by atomic mass is 9.73. The van der Waals surface area contributed by atoms with Crippen molar-refractivity contribution in [2.24, 2.45) is 0 Å². The predicted octanol–water partition coefficient (Wildman–Crippen LogP) is 3.24. The first-order valence-corrected chi connectivity index (χ1v) is 7.99. The molecule has 1 amide bonds. The second kappa shape index (κ2) is 7.14. The molecule has 3 rings (SSSR count). The van der Waals surface area contributed by atoms with E-state index in [9.17, 15) is 36.2 Å². The Labute approximate surface area is 155 Å². The van der Waals surface area contributed by atoms with Crippen LogP contribution in [0, 0.1) is 0 Å². The van der Waals surface area contributed by atoms with E-state index in [1.807, 2.05) is 0 Å². The van der Waals surface area contributed by atoms with Crippen molar-refractivity contribution < 1.29 is 40.8 Å². The van der Waals surface area contributed by atoms with Crippen LogP contribution in [0.25, 0.3) is 0 Å². The summed E-state index contributed by atoms with van der Waals surface area (Å²) in [6.45, 7) is 0.292. The maximum atomic E-state index is 13.2. The quantitative estimate of drug-likeness (QED) is 0.598. The second-order valence-corrected chi connectivity index (χ2v) is 6.10. The highest BCUT2D eigenvalue weighted by atomic mass is 19.4. The van der Waals surface area contributed by atoms with E-state index in [2.05, 4.69) is 5.32 Å². The van der Waals surface area contributed by atoms with Crippen molar-refractivity contribution in [3.63, 3.8) is 0 Å². The van der Waals surface area contributed by atoms with Gasteiger partial charge in [-0.2, -0.15) is 26.3 Å². The summed E-state index contributed by atoms with van der Waals surface area (Å²) < 4.78 is 82.8. The summed E-state index contributed by atoms with van der Waals surface area (Å²) in [5.41, 5.74) is -2.97. The van der Waals surface area contributed by atoms with Gasteiger partial charge in [-0.1, -0.05) is 6.07 Å². The number of carbonyl (C=O) groups excluding carboxylic acids is 1. The lowest BCUT2D eigenvalue weighted by Gasteiger charge is -2.20. The van der Waals surface area contributed by atoms with Crippen molar-refractivity contribution >= 4 is 24.2 Å². The number of nitrogens with one attached hydrogen (secondary N) is 1. The minimum Gasteiger partial charge on any atom is -0.423 e. The molecule has 0 spiro atoms. The molecule has 4 nitrogen and oxygen atoms in total. The molecule has 0 fully saturated rings. The number of amides is 1. The predicted molar refractivity (Wildman–Crippen MR) is 88.1 cm³/mol. The average Bonchev–Trinajstić information content (AvgIpc) is 2.60. The lowest BCUT2D eigenvalue weighted by molar-refractivity contribution is -0.143. The van der Waals surface area contributed by atoms with E-state index in [-0.39, 0.29) is 11.8 Å². The van der Waals surface area contributed by atoms with Crippen LogP contribution in [-0.4, -0.2) is 24.7 Å². The van der Waals surface area contributed by atoms with Crippen LogP contribution >= 0.6 is 0 Å². The number of anilines is 1. The number of benzene rings is 2. The molecular formula is C17H12BF6NO3. The van der Waals surface area contributed by atoms with Crippen LogP contribution in [0.1, 0.15) is 27.0 Å². The van der Waals surface area contributed by atoms with Crippen LogP contribution in [0.15, 0.2) is 36.4 Å². The summed E-state index contributed by atoms with van der Waals surface area (Å²) in [6.07, 6.45) is -9.63. The topological polar surface area (TPSA) is 58.6 Å². The van der Waals surface area contributed by atoms with E-state index in [4.69, 9.17) is 4.65 Å². The van der Waals surface area contributed by atoms with Crippen LogP contribution in [0.2, 0.25) is 0 Å². The first kappa shape index (κ1) is 20.2. The molecular weight excluding hydrogens is 391 g/mol. The molecule has 11 heteroatoms. The molecule has 0 aromatic heterocycles. The van der Waals surface area contributed by atoms with Gasteiger partial charge in [-0.3, -0.25) is 4.79 Å². The molecule has 1 aliphatic heterocycles. The van der Waals surface area contributed by atoms with Crippen molar-refractivity contribution in [1.29, 1.82) is 0 Å². The molecule has 0 atom stereocenters. The Morgan fingerprint density at radius 1 is 1.04 bits per heavy atom. The van der Waals surface area contributed by atoms with Gasteiger partial charge in [0.05, 0.1) is 16.7 Å². The first-order valence-electron chi connectivity index (χ1n) is 7.99. The van der Waals surface area contributed by atoms with Crippen LogP contribution in [0.3, 0.4) is 0 Å². The Balaban J connectivity index is 1.93. The van der Waals surface area contributed by atoms with Gasteiger partial charge >= 0.3 is 19.5 Å². The number of hydrogen-bond donors (Lipinski definition) is 2. The largest absolute Gasteiger partial charge is 0.491 e. The third-order valence-corrected chi connectivity index (χ3v) is 4.21. The van der Waals surface area contributed by atoms with Crippen LogP contribution in [0.4, 0.5) is 32.0 Å². The zero-order chi connectivity index (χ0) is 20.7. The lowest BCUT2D eigenvalue weighted by Crippen LogP contribution is -2.41. The first-order chi connectivity index (χ1) is 13.0. The Hall–Kier alpha value is -2.53. The van der Waals surface area contributed by atoms with Crippen molar-refractivity contribution in [2.75, 3.05) is 11.9 Å². The Morgan fingerprint density at radius 3 is 2.39 bits per heavy atom. The summed E-state index contributed by atoms with van der Waals surface area (Å²) in [5.74, 6) is -1.23. The normalized spacial score (nSPS) is 14.6. The van der Waals surface area contributed by atoms with Gasteiger partial charge < -0.3 is 15.0 Å². The molecule has 1 heterocycles.